The Balaban J connectivity index is 1.52. The number of para-hydroxylation sites is 2. The Hall–Kier alpha value is -3.94. The molecule has 0 radical (unpaired) electrons. The number of benzene rings is 2. The van der Waals surface area contributed by atoms with Crippen LogP contribution in [0.25, 0.3) is 11.0 Å². The molecule has 0 bridgehead atoms. The van der Waals surface area contributed by atoms with E-state index in [1.165, 1.54) is 11.2 Å². The molecule has 2 heterocycles. The lowest BCUT2D eigenvalue weighted by molar-refractivity contribution is -0.127. The van der Waals surface area contributed by atoms with Gasteiger partial charge in [-0.2, -0.15) is 0 Å². The number of furan rings is 1. The van der Waals surface area contributed by atoms with E-state index in [4.69, 9.17) is 4.42 Å². The summed E-state index contributed by atoms with van der Waals surface area (Å²) >= 11 is 0. The van der Waals surface area contributed by atoms with Crippen molar-refractivity contribution < 1.29 is 14.0 Å². The van der Waals surface area contributed by atoms with Crippen molar-refractivity contribution in [2.45, 2.75) is 44.3 Å². The van der Waals surface area contributed by atoms with E-state index in [9.17, 15) is 9.59 Å². The Morgan fingerprint density at radius 1 is 1.03 bits per heavy atom. The van der Waals surface area contributed by atoms with Crippen LogP contribution in [0.4, 0.5) is 5.69 Å². The highest BCUT2D eigenvalue weighted by Crippen LogP contribution is 2.30. The molecular weight excluding hydrogens is 418 g/mol. The lowest BCUT2D eigenvalue weighted by Crippen LogP contribution is -2.47. The third-order valence-electron chi connectivity index (χ3n) is 6.03. The number of anilines is 1. The molecule has 0 saturated heterocycles. The SMILES string of the molecule is O=C(NC1CCCC1)[C@H](c1ccco1)N(C(=O)Cn1nnc2ccccc21)c1ccccc1. The molecule has 1 N–H and O–H groups in total. The summed E-state index contributed by atoms with van der Waals surface area (Å²) in [6.45, 7) is -0.0661. The number of nitrogens with zero attached hydrogens (tertiary/aromatic N) is 4. The fraction of sp³-hybridized carbons (Fsp3) is 0.280. The lowest BCUT2D eigenvalue weighted by Gasteiger charge is -2.30. The molecule has 1 fully saturated rings. The summed E-state index contributed by atoms with van der Waals surface area (Å²) in [5.74, 6) is -0.136. The summed E-state index contributed by atoms with van der Waals surface area (Å²) in [5.41, 5.74) is 2.07. The second kappa shape index (κ2) is 9.28. The van der Waals surface area contributed by atoms with Crippen molar-refractivity contribution in [1.82, 2.24) is 20.3 Å². The molecule has 4 aromatic rings. The average molecular weight is 444 g/mol. The van der Waals surface area contributed by atoms with Crippen LogP contribution in [0.5, 0.6) is 0 Å². The van der Waals surface area contributed by atoms with Crippen molar-refractivity contribution >= 4 is 28.5 Å². The van der Waals surface area contributed by atoms with E-state index in [1.807, 2.05) is 54.6 Å². The summed E-state index contributed by atoms with van der Waals surface area (Å²) < 4.78 is 7.21. The number of rotatable bonds is 7. The molecule has 0 spiro atoms. The Morgan fingerprint density at radius 2 is 1.79 bits per heavy atom. The molecule has 1 aliphatic carbocycles. The van der Waals surface area contributed by atoms with Gasteiger partial charge in [-0.05, 0) is 49.2 Å². The molecule has 1 aliphatic rings. The van der Waals surface area contributed by atoms with Crippen molar-refractivity contribution in [2.75, 3.05) is 4.90 Å². The van der Waals surface area contributed by atoms with Crippen molar-refractivity contribution in [1.29, 1.82) is 0 Å². The quantitative estimate of drug-likeness (QED) is 0.468. The van der Waals surface area contributed by atoms with Crippen LogP contribution in [0.1, 0.15) is 37.5 Å². The molecule has 168 valence electrons. The standard InChI is InChI=1S/C25H25N5O3/c31-23(17-29-21-14-7-6-13-20(21)27-28-29)30(19-11-2-1-3-12-19)24(22-15-8-16-33-22)25(32)26-18-9-4-5-10-18/h1-3,6-8,11-16,18,24H,4-5,9-10,17H2,(H,26,32)/t24-/m0/s1. The highest BCUT2D eigenvalue weighted by molar-refractivity contribution is 6.01. The van der Waals surface area contributed by atoms with Crippen LogP contribution in [0, 0.1) is 0 Å². The summed E-state index contributed by atoms with van der Waals surface area (Å²) in [6, 6.07) is 19.3. The molecule has 1 saturated carbocycles. The number of hydrogen-bond donors (Lipinski definition) is 1. The Morgan fingerprint density at radius 3 is 2.55 bits per heavy atom. The monoisotopic (exact) mass is 443 g/mol. The van der Waals surface area contributed by atoms with Crippen LogP contribution < -0.4 is 10.2 Å². The third-order valence-corrected chi connectivity index (χ3v) is 6.03. The Labute approximate surface area is 191 Å². The average Bonchev–Trinajstić information content (AvgIpc) is 3.61. The molecule has 2 amide bonds. The second-order valence-corrected chi connectivity index (χ2v) is 8.24. The van der Waals surface area contributed by atoms with E-state index < -0.39 is 6.04 Å². The molecule has 1 atom stereocenters. The summed E-state index contributed by atoms with van der Waals surface area (Å²) in [7, 11) is 0. The number of fused-ring (bicyclic) bond motifs is 1. The van der Waals surface area contributed by atoms with E-state index in [0.29, 0.717) is 17.0 Å². The number of carbonyl (C=O) groups excluding carboxylic acids is 2. The smallest absolute Gasteiger partial charge is 0.251 e. The largest absolute Gasteiger partial charge is 0.467 e. The van der Waals surface area contributed by atoms with Crippen LogP contribution in [-0.2, 0) is 16.1 Å². The van der Waals surface area contributed by atoms with E-state index in [0.717, 1.165) is 31.2 Å². The van der Waals surface area contributed by atoms with Crippen LogP contribution in [0.15, 0.2) is 77.4 Å². The Bertz CT molecular complexity index is 1230. The highest BCUT2D eigenvalue weighted by Gasteiger charge is 2.36. The normalized spacial score (nSPS) is 14.9. The van der Waals surface area contributed by atoms with Gasteiger partial charge in [0.2, 0.25) is 5.91 Å². The van der Waals surface area contributed by atoms with Crippen LogP contribution >= 0.6 is 0 Å². The second-order valence-electron chi connectivity index (χ2n) is 8.24. The number of aromatic nitrogens is 3. The van der Waals surface area contributed by atoms with Crippen molar-refractivity contribution in [3.05, 3.63) is 78.8 Å². The van der Waals surface area contributed by atoms with Crippen molar-refractivity contribution in [3.8, 4) is 0 Å². The molecular formula is C25H25N5O3. The lowest BCUT2D eigenvalue weighted by atomic mass is 10.1. The van der Waals surface area contributed by atoms with Crippen molar-refractivity contribution in [2.24, 2.45) is 0 Å². The molecule has 0 aliphatic heterocycles. The van der Waals surface area contributed by atoms with Crippen LogP contribution in [0.2, 0.25) is 0 Å². The van der Waals surface area contributed by atoms with Gasteiger partial charge < -0.3 is 9.73 Å². The number of carbonyl (C=O) groups is 2. The molecule has 8 nitrogen and oxygen atoms in total. The van der Waals surface area contributed by atoms with Gasteiger partial charge in [0.25, 0.3) is 5.91 Å². The van der Waals surface area contributed by atoms with Crippen LogP contribution in [-0.4, -0.2) is 32.9 Å². The van der Waals surface area contributed by atoms with Crippen LogP contribution in [0.3, 0.4) is 0 Å². The van der Waals surface area contributed by atoms with Gasteiger partial charge in [-0.25, -0.2) is 4.68 Å². The van der Waals surface area contributed by atoms with Gasteiger partial charge in [-0.1, -0.05) is 48.4 Å². The van der Waals surface area contributed by atoms with Gasteiger partial charge in [-0.3, -0.25) is 14.5 Å². The molecule has 2 aromatic heterocycles. The van der Waals surface area contributed by atoms with Gasteiger partial charge in [0, 0.05) is 11.7 Å². The van der Waals surface area contributed by atoms with E-state index in [1.54, 1.807) is 16.8 Å². The summed E-state index contributed by atoms with van der Waals surface area (Å²) in [4.78, 5) is 28.8. The fourth-order valence-electron chi connectivity index (χ4n) is 4.43. The Kier molecular flexibility index (Phi) is 5.89. The van der Waals surface area contributed by atoms with Gasteiger partial charge in [0.05, 0.1) is 11.8 Å². The first kappa shape index (κ1) is 20.9. The third kappa shape index (κ3) is 4.37. The van der Waals surface area contributed by atoms with Gasteiger partial charge >= 0.3 is 0 Å². The fourth-order valence-corrected chi connectivity index (χ4v) is 4.43. The number of hydrogen-bond acceptors (Lipinski definition) is 5. The molecule has 2 aromatic carbocycles. The van der Waals surface area contributed by atoms with E-state index in [2.05, 4.69) is 15.6 Å². The highest BCUT2D eigenvalue weighted by atomic mass is 16.3. The van der Waals surface area contributed by atoms with Gasteiger partial charge in [0.1, 0.15) is 17.8 Å². The number of nitrogens with one attached hydrogen (secondary N) is 1. The van der Waals surface area contributed by atoms with Crippen molar-refractivity contribution in [3.63, 3.8) is 0 Å². The molecule has 5 rings (SSSR count). The predicted octanol–water partition coefficient (Wildman–Crippen LogP) is 3.86. The maximum Gasteiger partial charge on any atom is 0.251 e. The first-order valence-electron chi connectivity index (χ1n) is 11.2. The summed E-state index contributed by atoms with van der Waals surface area (Å²) in [5, 5.41) is 11.4. The van der Waals surface area contributed by atoms with Gasteiger partial charge in [-0.15, -0.1) is 5.10 Å². The van der Waals surface area contributed by atoms with Gasteiger partial charge in [0.15, 0.2) is 6.04 Å². The predicted molar refractivity (Wildman–Crippen MR) is 123 cm³/mol. The minimum absolute atomic E-state index is 0.0661. The zero-order valence-corrected chi connectivity index (χ0v) is 18.1. The zero-order valence-electron chi connectivity index (χ0n) is 18.1. The minimum Gasteiger partial charge on any atom is -0.467 e. The summed E-state index contributed by atoms with van der Waals surface area (Å²) in [6.07, 6.45) is 5.60. The van der Waals surface area contributed by atoms with E-state index in [-0.39, 0.29) is 24.4 Å². The zero-order chi connectivity index (χ0) is 22.6. The molecule has 0 unspecified atom stereocenters. The minimum atomic E-state index is -0.940. The molecule has 8 heteroatoms. The first-order valence-corrected chi connectivity index (χ1v) is 11.2. The van der Waals surface area contributed by atoms with E-state index >= 15 is 0 Å². The number of amides is 2. The maximum absolute atomic E-state index is 13.7. The topological polar surface area (TPSA) is 93.3 Å². The maximum atomic E-state index is 13.7. The molecule has 33 heavy (non-hydrogen) atoms. The first-order chi connectivity index (χ1) is 16.2.